The summed E-state index contributed by atoms with van der Waals surface area (Å²) in [6, 6.07) is 8.75. The van der Waals surface area contributed by atoms with Gasteiger partial charge in [0.25, 0.3) is 0 Å². The van der Waals surface area contributed by atoms with Gasteiger partial charge in [0.05, 0.1) is 18.4 Å². The lowest BCUT2D eigenvalue weighted by molar-refractivity contribution is 0.277. The summed E-state index contributed by atoms with van der Waals surface area (Å²) >= 11 is 0. The Hall–Kier alpha value is -1.22. The fourth-order valence-electron chi connectivity index (χ4n) is 2.02. The first kappa shape index (κ1) is 7.21. The summed E-state index contributed by atoms with van der Waals surface area (Å²) < 4.78 is 5.66. The summed E-state index contributed by atoms with van der Waals surface area (Å²) in [6.07, 6.45) is 0. The molecule has 3 heteroatoms. The highest BCUT2D eigenvalue weighted by molar-refractivity contribution is 5.61. The predicted molar refractivity (Wildman–Crippen MR) is 51.1 cm³/mol. The number of nitrogens with one attached hydrogen (secondary N) is 1. The number of rotatable bonds is 0. The van der Waals surface area contributed by atoms with Crippen molar-refractivity contribution < 1.29 is 4.74 Å². The Morgan fingerprint density at radius 1 is 1.38 bits per heavy atom. The summed E-state index contributed by atoms with van der Waals surface area (Å²) in [5.41, 5.74) is 1.23. The largest absolute Gasteiger partial charge is 0.489 e. The highest BCUT2D eigenvalue weighted by atomic mass is 16.5. The third-order valence-electron chi connectivity index (χ3n) is 2.71. The topological polar surface area (TPSA) is 24.5 Å². The van der Waals surface area contributed by atoms with Crippen molar-refractivity contribution in [2.24, 2.45) is 0 Å². The van der Waals surface area contributed by atoms with Crippen LogP contribution in [0.25, 0.3) is 0 Å². The third kappa shape index (κ3) is 1.00. The molecule has 2 aliphatic heterocycles. The van der Waals surface area contributed by atoms with E-state index in [4.69, 9.17) is 4.74 Å². The van der Waals surface area contributed by atoms with Crippen molar-refractivity contribution in [1.82, 2.24) is 5.32 Å². The minimum Gasteiger partial charge on any atom is -0.489 e. The van der Waals surface area contributed by atoms with Gasteiger partial charge in [-0.25, -0.2) is 0 Å². The predicted octanol–water partition coefficient (Wildman–Crippen LogP) is 0.815. The van der Waals surface area contributed by atoms with E-state index in [-0.39, 0.29) is 0 Å². The normalized spacial score (nSPS) is 24.9. The van der Waals surface area contributed by atoms with Gasteiger partial charge in [0.2, 0.25) is 0 Å². The van der Waals surface area contributed by atoms with E-state index in [1.807, 2.05) is 12.1 Å². The fourth-order valence-corrected chi connectivity index (χ4v) is 2.02. The second kappa shape index (κ2) is 2.64. The van der Waals surface area contributed by atoms with E-state index >= 15 is 0 Å². The SMILES string of the molecule is c1ccc2c(c1)OCC1CNCN21. The minimum absolute atomic E-state index is 0.523. The Bertz CT molecular complexity index is 326. The molecule has 1 aromatic carbocycles. The first-order valence-corrected chi connectivity index (χ1v) is 4.64. The van der Waals surface area contributed by atoms with Crippen LogP contribution in [-0.4, -0.2) is 25.9 Å². The van der Waals surface area contributed by atoms with Gasteiger partial charge in [0, 0.05) is 6.54 Å². The van der Waals surface area contributed by atoms with Crippen molar-refractivity contribution in [1.29, 1.82) is 0 Å². The molecular formula is C10H12N2O. The Balaban J connectivity index is 2.06. The molecule has 3 nitrogen and oxygen atoms in total. The second-order valence-electron chi connectivity index (χ2n) is 3.51. The molecule has 2 heterocycles. The number of hydrogen-bond donors (Lipinski definition) is 1. The van der Waals surface area contributed by atoms with Crippen LogP contribution in [0.5, 0.6) is 5.75 Å². The Morgan fingerprint density at radius 3 is 3.31 bits per heavy atom. The van der Waals surface area contributed by atoms with Crippen LogP contribution in [0, 0.1) is 0 Å². The summed E-state index contributed by atoms with van der Waals surface area (Å²) in [6.45, 7) is 2.80. The number of fused-ring (bicyclic) bond motifs is 3. The van der Waals surface area contributed by atoms with Crippen LogP contribution in [0.4, 0.5) is 5.69 Å². The molecule has 1 fully saturated rings. The van der Waals surface area contributed by atoms with Crippen molar-refractivity contribution in [3.63, 3.8) is 0 Å². The zero-order chi connectivity index (χ0) is 8.67. The number of ether oxygens (including phenoxy) is 1. The maximum Gasteiger partial charge on any atom is 0.142 e. The van der Waals surface area contributed by atoms with Gasteiger partial charge in [0.15, 0.2) is 0 Å². The average Bonchev–Trinajstić information content (AvgIpc) is 2.65. The molecule has 0 radical (unpaired) electrons. The molecule has 0 spiro atoms. The van der Waals surface area contributed by atoms with Crippen LogP contribution in [0.3, 0.4) is 0 Å². The van der Waals surface area contributed by atoms with Crippen LogP contribution in [0.15, 0.2) is 24.3 Å². The molecular weight excluding hydrogens is 164 g/mol. The van der Waals surface area contributed by atoms with Gasteiger partial charge in [-0.05, 0) is 12.1 Å². The van der Waals surface area contributed by atoms with Crippen LogP contribution in [-0.2, 0) is 0 Å². The number of para-hydroxylation sites is 2. The van der Waals surface area contributed by atoms with Crippen LogP contribution < -0.4 is 15.0 Å². The van der Waals surface area contributed by atoms with E-state index in [1.54, 1.807) is 0 Å². The first-order chi connectivity index (χ1) is 6.45. The molecule has 3 rings (SSSR count). The van der Waals surface area contributed by atoms with Gasteiger partial charge in [-0.15, -0.1) is 0 Å². The number of nitrogens with zero attached hydrogens (tertiary/aromatic N) is 1. The highest BCUT2D eigenvalue weighted by Gasteiger charge is 2.30. The van der Waals surface area contributed by atoms with E-state index in [2.05, 4.69) is 22.3 Å². The average molecular weight is 176 g/mol. The monoisotopic (exact) mass is 176 g/mol. The van der Waals surface area contributed by atoms with Crippen molar-refractivity contribution in [3.05, 3.63) is 24.3 Å². The van der Waals surface area contributed by atoms with Gasteiger partial charge >= 0.3 is 0 Å². The molecule has 1 N–H and O–H groups in total. The smallest absolute Gasteiger partial charge is 0.142 e. The Kier molecular flexibility index (Phi) is 1.46. The minimum atomic E-state index is 0.523. The van der Waals surface area contributed by atoms with Crippen LogP contribution in [0.2, 0.25) is 0 Å². The van der Waals surface area contributed by atoms with Crippen LogP contribution >= 0.6 is 0 Å². The molecule has 13 heavy (non-hydrogen) atoms. The highest BCUT2D eigenvalue weighted by Crippen LogP contribution is 2.33. The summed E-state index contributed by atoms with van der Waals surface area (Å²) in [5.74, 6) is 1.02. The molecule has 1 aromatic rings. The lowest BCUT2D eigenvalue weighted by atomic mass is 10.2. The lowest BCUT2D eigenvalue weighted by Gasteiger charge is -2.32. The summed E-state index contributed by atoms with van der Waals surface area (Å²) in [4.78, 5) is 2.37. The molecule has 0 aliphatic carbocycles. The van der Waals surface area contributed by atoms with Gasteiger partial charge in [-0.3, -0.25) is 5.32 Å². The third-order valence-corrected chi connectivity index (χ3v) is 2.71. The van der Waals surface area contributed by atoms with E-state index in [0.717, 1.165) is 25.6 Å². The van der Waals surface area contributed by atoms with E-state index in [1.165, 1.54) is 5.69 Å². The van der Waals surface area contributed by atoms with E-state index in [0.29, 0.717) is 6.04 Å². The van der Waals surface area contributed by atoms with Crippen LogP contribution in [0.1, 0.15) is 0 Å². The van der Waals surface area contributed by atoms with Gasteiger partial charge < -0.3 is 9.64 Å². The number of benzene rings is 1. The van der Waals surface area contributed by atoms with Gasteiger partial charge in [-0.2, -0.15) is 0 Å². The van der Waals surface area contributed by atoms with Crippen molar-refractivity contribution in [3.8, 4) is 5.75 Å². The molecule has 68 valence electrons. The van der Waals surface area contributed by atoms with Crippen molar-refractivity contribution in [2.45, 2.75) is 6.04 Å². The van der Waals surface area contributed by atoms with E-state index < -0.39 is 0 Å². The maximum atomic E-state index is 5.66. The molecule has 0 bridgehead atoms. The Labute approximate surface area is 77.3 Å². The van der Waals surface area contributed by atoms with E-state index in [9.17, 15) is 0 Å². The zero-order valence-electron chi connectivity index (χ0n) is 7.36. The van der Waals surface area contributed by atoms with Gasteiger partial charge in [0.1, 0.15) is 12.4 Å². The molecule has 2 aliphatic rings. The first-order valence-electron chi connectivity index (χ1n) is 4.64. The molecule has 0 aromatic heterocycles. The van der Waals surface area contributed by atoms with Crippen molar-refractivity contribution >= 4 is 5.69 Å². The Morgan fingerprint density at radius 2 is 2.31 bits per heavy atom. The number of hydrogen-bond acceptors (Lipinski definition) is 3. The molecule has 1 saturated heterocycles. The molecule has 0 saturated carbocycles. The second-order valence-corrected chi connectivity index (χ2v) is 3.51. The quantitative estimate of drug-likeness (QED) is 0.633. The summed E-state index contributed by atoms with van der Waals surface area (Å²) in [5, 5.41) is 3.35. The maximum absolute atomic E-state index is 5.66. The molecule has 0 amide bonds. The van der Waals surface area contributed by atoms with Gasteiger partial charge in [-0.1, -0.05) is 12.1 Å². The standard InChI is InChI=1S/C10H12N2O/c1-2-4-10-9(3-1)12-7-11-5-8(12)6-13-10/h1-4,8,11H,5-7H2. The fraction of sp³-hybridized carbons (Fsp3) is 0.400. The zero-order valence-corrected chi connectivity index (χ0v) is 7.36. The molecule has 1 atom stereocenters. The number of anilines is 1. The van der Waals surface area contributed by atoms with Crippen molar-refractivity contribution in [2.75, 3.05) is 24.7 Å². The summed E-state index contributed by atoms with van der Waals surface area (Å²) in [7, 11) is 0. The lowest BCUT2D eigenvalue weighted by Crippen LogP contribution is -2.39. The molecule has 1 unspecified atom stereocenters.